The van der Waals surface area contributed by atoms with E-state index in [4.69, 9.17) is 8.94 Å². The van der Waals surface area contributed by atoms with Gasteiger partial charge in [-0.2, -0.15) is 0 Å². The molecule has 0 unspecified atom stereocenters. The van der Waals surface area contributed by atoms with E-state index >= 15 is 0 Å². The van der Waals surface area contributed by atoms with Crippen LogP contribution in [-0.4, -0.2) is 5.16 Å². The molecule has 2 aromatic rings. The number of rotatable bonds is 1. The highest BCUT2D eigenvalue weighted by Crippen LogP contribution is 2.19. The number of aromatic nitrogens is 1. The fourth-order valence-corrected chi connectivity index (χ4v) is 0.898. The molecular weight excluding hydrogens is 142 g/mol. The van der Waals surface area contributed by atoms with E-state index in [-0.39, 0.29) is 0 Å². The minimum absolute atomic E-state index is 0.674. The maximum Gasteiger partial charge on any atom is 0.202 e. The van der Waals surface area contributed by atoms with E-state index in [1.807, 2.05) is 25.1 Å². The van der Waals surface area contributed by atoms with Crippen LogP contribution in [0.4, 0.5) is 0 Å². The SMILES string of the molecule is Cc1cc(-c2ccco2)on1. The number of furan rings is 1. The van der Waals surface area contributed by atoms with Gasteiger partial charge in [0.2, 0.25) is 5.76 Å². The number of nitrogens with zero attached hydrogens (tertiary/aromatic N) is 1. The Hall–Kier alpha value is -1.51. The minimum Gasteiger partial charge on any atom is -0.461 e. The first-order valence-electron chi connectivity index (χ1n) is 3.33. The third-order valence-corrected chi connectivity index (χ3v) is 1.39. The zero-order valence-electron chi connectivity index (χ0n) is 6.07. The van der Waals surface area contributed by atoms with Crippen molar-refractivity contribution in [3.8, 4) is 11.5 Å². The van der Waals surface area contributed by atoms with Crippen LogP contribution in [0, 0.1) is 6.92 Å². The summed E-state index contributed by atoms with van der Waals surface area (Å²) in [7, 11) is 0. The number of hydrogen-bond donors (Lipinski definition) is 0. The molecule has 0 saturated heterocycles. The first-order valence-corrected chi connectivity index (χ1v) is 3.33. The molecule has 0 fully saturated rings. The Balaban J connectivity index is 2.45. The van der Waals surface area contributed by atoms with Gasteiger partial charge < -0.3 is 8.94 Å². The molecule has 2 rings (SSSR count). The Morgan fingerprint density at radius 2 is 2.27 bits per heavy atom. The van der Waals surface area contributed by atoms with Crippen molar-refractivity contribution in [3.05, 3.63) is 30.2 Å². The second kappa shape index (κ2) is 2.27. The highest BCUT2D eigenvalue weighted by atomic mass is 16.5. The van der Waals surface area contributed by atoms with Crippen LogP contribution in [0.3, 0.4) is 0 Å². The second-order valence-electron chi connectivity index (χ2n) is 2.31. The van der Waals surface area contributed by atoms with Crippen molar-refractivity contribution in [2.75, 3.05) is 0 Å². The third kappa shape index (κ3) is 1.05. The van der Waals surface area contributed by atoms with Crippen molar-refractivity contribution in [1.82, 2.24) is 5.16 Å². The fourth-order valence-electron chi connectivity index (χ4n) is 0.898. The summed E-state index contributed by atoms with van der Waals surface area (Å²) in [4.78, 5) is 0. The van der Waals surface area contributed by atoms with Crippen LogP contribution in [0.15, 0.2) is 33.4 Å². The molecule has 0 aromatic carbocycles. The first kappa shape index (κ1) is 6.22. The first-order chi connectivity index (χ1) is 5.36. The van der Waals surface area contributed by atoms with Crippen LogP contribution >= 0.6 is 0 Å². The minimum atomic E-state index is 0.674. The number of aryl methyl sites for hydroxylation is 1. The Bertz CT molecular complexity index is 335. The van der Waals surface area contributed by atoms with Crippen LogP contribution in [-0.2, 0) is 0 Å². The maximum absolute atomic E-state index is 5.10. The molecule has 0 N–H and O–H groups in total. The van der Waals surface area contributed by atoms with Gasteiger partial charge in [0.15, 0.2) is 5.76 Å². The summed E-state index contributed by atoms with van der Waals surface area (Å²) in [5, 5.41) is 3.74. The molecule has 0 amide bonds. The number of hydrogen-bond acceptors (Lipinski definition) is 3. The normalized spacial score (nSPS) is 10.3. The van der Waals surface area contributed by atoms with Crippen LogP contribution in [0.2, 0.25) is 0 Å². The molecule has 3 nitrogen and oxygen atoms in total. The van der Waals surface area contributed by atoms with Crippen molar-refractivity contribution < 1.29 is 8.94 Å². The quantitative estimate of drug-likeness (QED) is 0.624. The molecule has 0 radical (unpaired) electrons. The molecule has 3 heteroatoms. The van der Waals surface area contributed by atoms with Gasteiger partial charge in [0.05, 0.1) is 12.0 Å². The van der Waals surface area contributed by atoms with Crippen molar-refractivity contribution in [1.29, 1.82) is 0 Å². The smallest absolute Gasteiger partial charge is 0.202 e. The summed E-state index contributed by atoms with van der Waals surface area (Å²) < 4.78 is 10.1. The van der Waals surface area contributed by atoms with Crippen molar-refractivity contribution in [2.45, 2.75) is 6.92 Å². The summed E-state index contributed by atoms with van der Waals surface area (Å²) in [6.07, 6.45) is 1.60. The maximum atomic E-state index is 5.10. The molecule has 2 heterocycles. The zero-order valence-corrected chi connectivity index (χ0v) is 6.07. The van der Waals surface area contributed by atoms with Crippen molar-refractivity contribution in [3.63, 3.8) is 0 Å². The molecular formula is C8H7NO2. The van der Waals surface area contributed by atoms with Gasteiger partial charge in [0, 0.05) is 6.07 Å². The average Bonchev–Trinajstić information content (AvgIpc) is 2.55. The average molecular weight is 149 g/mol. The van der Waals surface area contributed by atoms with E-state index < -0.39 is 0 Å². The molecule has 0 spiro atoms. The van der Waals surface area contributed by atoms with Crippen LogP contribution < -0.4 is 0 Å². The Morgan fingerprint density at radius 1 is 1.36 bits per heavy atom. The van der Waals surface area contributed by atoms with Gasteiger partial charge in [0.1, 0.15) is 0 Å². The van der Waals surface area contributed by atoms with Crippen molar-refractivity contribution >= 4 is 0 Å². The highest BCUT2D eigenvalue weighted by molar-refractivity contribution is 5.48. The summed E-state index contributed by atoms with van der Waals surface area (Å²) in [5.41, 5.74) is 0.858. The van der Waals surface area contributed by atoms with E-state index in [1.54, 1.807) is 6.26 Å². The summed E-state index contributed by atoms with van der Waals surface area (Å²) in [5.74, 6) is 1.39. The van der Waals surface area contributed by atoms with Gasteiger partial charge in [-0.25, -0.2) is 0 Å². The topological polar surface area (TPSA) is 39.2 Å². The second-order valence-corrected chi connectivity index (χ2v) is 2.31. The zero-order chi connectivity index (χ0) is 7.68. The molecule has 0 atom stereocenters. The lowest BCUT2D eigenvalue weighted by Crippen LogP contribution is -1.63. The molecule has 2 aromatic heterocycles. The highest BCUT2D eigenvalue weighted by Gasteiger charge is 2.05. The predicted molar refractivity (Wildman–Crippen MR) is 38.9 cm³/mol. The lowest BCUT2D eigenvalue weighted by atomic mass is 10.3. The van der Waals surface area contributed by atoms with Gasteiger partial charge in [-0.1, -0.05) is 5.16 Å². The van der Waals surface area contributed by atoms with Gasteiger partial charge in [-0.15, -0.1) is 0 Å². The monoisotopic (exact) mass is 149 g/mol. The van der Waals surface area contributed by atoms with Crippen molar-refractivity contribution in [2.24, 2.45) is 0 Å². The van der Waals surface area contributed by atoms with Gasteiger partial charge in [-0.3, -0.25) is 0 Å². The molecule has 0 saturated carbocycles. The molecule has 56 valence electrons. The van der Waals surface area contributed by atoms with E-state index in [0.717, 1.165) is 5.69 Å². The van der Waals surface area contributed by atoms with E-state index in [9.17, 15) is 0 Å². The lowest BCUT2D eigenvalue weighted by molar-refractivity contribution is 0.413. The Labute approximate surface area is 63.6 Å². The molecule has 0 aliphatic heterocycles. The summed E-state index contributed by atoms with van der Waals surface area (Å²) in [6, 6.07) is 5.48. The van der Waals surface area contributed by atoms with E-state index in [1.165, 1.54) is 0 Å². The molecule has 0 bridgehead atoms. The molecule has 11 heavy (non-hydrogen) atoms. The Morgan fingerprint density at radius 3 is 2.82 bits per heavy atom. The van der Waals surface area contributed by atoms with Crippen LogP contribution in [0.25, 0.3) is 11.5 Å². The van der Waals surface area contributed by atoms with Gasteiger partial charge in [0.25, 0.3) is 0 Å². The van der Waals surface area contributed by atoms with E-state index in [2.05, 4.69) is 5.16 Å². The van der Waals surface area contributed by atoms with E-state index in [0.29, 0.717) is 11.5 Å². The summed E-state index contributed by atoms with van der Waals surface area (Å²) in [6.45, 7) is 1.87. The largest absolute Gasteiger partial charge is 0.461 e. The molecule has 0 aliphatic rings. The van der Waals surface area contributed by atoms with Crippen LogP contribution in [0.5, 0.6) is 0 Å². The van der Waals surface area contributed by atoms with Gasteiger partial charge in [-0.05, 0) is 19.1 Å². The molecule has 0 aliphatic carbocycles. The predicted octanol–water partition coefficient (Wildman–Crippen LogP) is 2.24. The summed E-state index contributed by atoms with van der Waals surface area (Å²) >= 11 is 0. The Kier molecular flexibility index (Phi) is 1.28. The van der Waals surface area contributed by atoms with Crippen LogP contribution in [0.1, 0.15) is 5.69 Å². The lowest BCUT2D eigenvalue weighted by Gasteiger charge is -1.82. The fraction of sp³-hybridized carbons (Fsp3) is 0.125. The third-order valence-electron chi connectivity index (χ3n) is 1.39. The van der Waals surface area contributed by atoms with Gasteiger partial charge >= 0.3 is 0 Å². The standard InChI is InChI=1S/C8H7NO2/c1-6-5-8(11-9-6)7-3-2-4-10-7/h2-5H,1H3.